The highest BCUT2D eigenvalue weighted by atomic mass is 16.7. The minimum Gasteiger partial charge on any atom is -0.507 e. The molecule has 386 valence electrons. The van der Waals surface area contributed by atoms with E-state index in [1.807, 2.05) is 6.20 Å². The number of aromatic hydroxyl groups is 1. The van der Waals surface area contributed by atoms with Gasteiger partial charge in [-0.3, -0.25) is 9.59 Å². The fourth-order valence-electron chi connectivity index (χ4n) is 18.6. The first-order chi connectivity index (χ1) is 36.2. The lowest BCUT2D eigenvalue weighted by Crippen LogP contribution is -2.78. The number of phenolic OH excluding ortho intramolecular Hbond substituents is 1. The molecule has 3 aromatic heterocycles. The van der Waals surface area contributed by atoms with E-state index in [-0.39, 0.29) is 57.5 Å². The van der Waals surface area contributed by atoms with Crippen molar-refractivity contribution in [1.82, 2.24) is 19.9 Å². The first-order valence-corrected chi connectivity index (χ1v) is 27.5. The van der Waals surface area contributed by atoms with Crippen LogP contribution in [0.15, 0.2) is 66.3 Å². The van der Waals surface area contributed by atoms with Gasteiger partial charge in [0.1, 0.15) is 29.5 Å². The lowest BCUT2D eigenvalue weighted by Gasteiger charge is -2.64. The van der Waals surface area contributed by atoms with E-state index in [1.54, 1.807) is 43.7 Å². The molecule has 0 amide bonds. The van der Waals surface area contributed by atoms with Crippen molar-refractivity contribution < 1.29 is 49.7 Å². The number of anilines is 1. The molecule has 5 aromatic rings. The van der Waals surface area contributed by atoms with Gasteiger partial charge in [-0.1, -0.05) is 49.8 Å². The Hall–Kier alpha value is -5.94. The van der Waals surface area contributed by atoms with Crippen LogP contribution in [0.2, 0.25) is 0 Å². The molecule has 4 aliphatic heterocycles. The lowest BCUT2D eigenvalue weighted by atomic mass is 9.50. The minimum atomic E-state index is -2.45. The first-order valence-electron chi connectivity index (χ1n) is 27.5. The molecule has 15 nitrogen and oxygen atoms in total. The molecule has 12 atom stereocenters. The van der Waals surface area contributed by atoms with Crippen molar-refractivity contribution >= 4 is 39.8 Å². The monoisotopic (exact) mass is 1010 g/mol. The highest BCUT2D eigenvalue weighted by Crippen LogP contribution is 2.74. The Morgan fingerprint density at radius 1 is 0.853 bits per heavy atom. The Morgan fingerprint density at radius 2 is 1.69 bits per heavy atom. The van der Waals surface area contributed by atoms with E-state index in [0.29, 0.717) is 71.1 Å². The number of aliphatic hydroxyl groups is 5. The average Bonchev–Trinajstić information content (AvgIpc) is 4.47. The number of phenols is 1. The van der Waals surface area contributed by atoms with Crippen LogP contribution in [-0.2, 0) is 10.2 Å². The molecule has 75 heavy (non-hydrogen) atoms. The van der Waals surface area contributed by atoms with Crippen molar-refractivity contribution in [2.45, 2.75) is 156 Å². The Kier molecular flexibility index (Phi) is 8.90. The van der Waals surface area contributed by atoms with Gasteiger partial charge in [-0.05, 0) is 141 Å². The van der Waals surface area contributed by atoms with E-state index in [2.05, 4.69) is 32.4 Å². The molecule has 0 radical (unpaired) electrons. The molecular weight excluding hydrogens is 951 g/mol. The smallest absolute Gasteiger partial charge is 0.261 e. The minimum absolute atomic E-state index is 0.00755. The molecule has 4 saturated carbocycles. The first kappa shape index (κ1) is 45.3. The molecule has 5 fully saturated rings. The molecule has 1 saturated heterocycles. The maximum absolute atomic E-state index is 15.3. The number of nitrogens with one attached hydrogen (secondary N) is 3. The van der Waals surface area contributed by atoms with Crippen LogP contribution in [0, 0.1) is 29.1 Å². The number of fused-ring (bicyclic) bond motifs is 11. The fourth-order valence-corrected chi connectivity index (χ4v) is 18.6. The number of aromatic nitrogens is 4. The standard InChI is InChI=1S/C60H61N5O10/c1-28-19-33-42(37(66)20-28)48(69)44-38-21-32-30(43(44)47(33)68)11-18-62-53(32)63-25-40(67)58-15-6-8-35(58)41-31-10-9-29-7-2-3-14-57(29,39-24-61-27-64-39)50(31)65-46(41)34-22-59(74-38)51(71)49(70)52(72)60(75-59)45(34)36(58)23-56(54(60)73)17-16-55(26-56)12-4-5-13-55/h9-11,18-22,24,27,29,35,40,49,51-52,54,65-67,70-73H,2-8,12-17,23,25-26H2,1H3,(H,61,64)(H,62,63). The molecule has 8 aliphatic carbocycles. The maximum atomic E-state index is 15.3. The van der Waals surface area contributed by atoms with E-state index in [9.17, 15) is 30.6 Å². The molecular formula is C60H61N5O10. The molecule has 12 aliphatic rings. The zero-order chi connectivity index (χ0) is 50.9. The van der Waals surface area contributed by atoms with Gasteiger partial charge < -0.3 is 55.4 Å². The number of benzene rings is 2. The fraction of sp³-hybridized carbons (Fsp3) is 0.500. The van der Waals surface area contributed by atoms with Gasteiger partial charge in [-0.25, -0.2) is 9.97 Å². The highest BCUT2D eigenvalue weighted by molar-refractivity contribution is 6.34. The third-order valence-corrected chi connectivity index (χ3v) is 21.6. The van der Waals surface area contributed by atoms with Crippen molar-refractivity contribution in [3.8, 4) is 11.5 Å². The largest absolute Gasteiger partial charge is 0.507 e. The molecule has 2 aromatic carbocycles. The number of ketones is 2. The number of nitrogens with zero attached hydrogens (tertiary/aromatic N) is 2. The summed E-state index contributed by atoms with van der Waals surface area (Å²) in [5, 5.41) is 82.7. The van der Waals surface area contributed by atoms with Gasteiger partial charge in [-0.2, -0.15) is 0 Å². The van der Waals surface area contributed by atoms with Crippen LogP contribution in [0.3, 0.4) is 0 Å². The van der Waals surface area contributed by atoms with Crippen LogP contribution in [0.1, 0.15) is 168 Å². The van der Waals surface area contributed by atoms with Crippen LogP contribution in [0.25, 0.3) is 22.4 Å². The number of imidazole rings is 1. The topological polar surface area (TPSA) is 243 Å². The van der Waals surface area contributed by atoms with Crippen LogP contribution in [-0.4, -0.2) is 111 Å². The van der Waals surface area contributed by atoms with Crippen molar-refractivity contribution in [2.75, 3.05) is 11.9 Å². The summed E-state index contributed by atoms with van der Waals surface area (Å²) in [7, 11) is 0. The van der Waals surface area contributed by atoms with Crippen molar-refractivity contribution in [3.63, 3.8) is 0 Å². The summed E-state index contributed by atoms with van der Waals surface area (Å²) in [5.74, 6) is -4.14. The second-order valence-corrected chi connectivity index (χ2v) is 24.8. The number of ether oxygens (including phenoxy) is 2. The van der Waals surface area contributed by atoms with Crippen LogP contribution in [0.5, 0.6) is 11.5 Å². The number of carbonyl (C=O) groups excluding carboxylic acids is 2. The van der Waals surface area contributed by atoms with Gasteiger partial charge in [0.25, 0.3) is 5.79 Å². The molecule has 15 heteroatoms. The average molecular weight is 1010 g/mol. The van der Waals surface area contributed by atoms with Gasteiger partial charge in [-0.15, -0.1) is 0 Å². The van der Waals surface area contributed by atoms with Crippen molar-refractivity contribution in [2.24, 2.45) is 22.2 Å². The van der Waals surface area contributed by atoms with Crippen LogP contribution < -0.4 is 10.1 Å². The lowest BCUT2D eigenvalue weighted by molar-refractivity contribution is -0.366. The second-order valence-electron chi connectivity index (χ2n) is 24.8. The number of aryl methyl sites for hydroxylation is 1. The van der Waals surface area contributed by atoms with E-state index in [4.69, 9.17) is 14.5 Å². The number of rotatable bonds is 1. The zero-order valence-corrected chi connectivity index (χ0v) is 41.8. The zero-order valence-electron chi connectivity index (χ0n) is 41.8. The van der Waals surface area contributed by atoms with E-state index in [0.717, 1.165) is 92.3 Å². The van der Waals surface area contributed by atoms with Crippen molar-refractivity contribution in [1.29, 1.82) is 0 Å². The molecule has 9 N–H and O–H groups in total. The quantitative estimate of drug-likeness (QED) is 0.0779. The third kappa shape index (κ3) is 5.29. The third-order valence-electron chi connectivity index (χ3n) is 21.6. The Balaban J connectivity index is 1.04. The highest BCUT2D eigenvalue weighted by Gasteiger charge is 2.76. The number of aliphatic hydroxyl groups excluding tert-OH is 5. The number of hydrogen-bond donors (Lipinski definition) is 9. The van der Waals surface area contributed by atoms with Gasteiger partial charge >= 0.3 is 0 Å². The number of allylic oxidation sites excluding steroid dienone is 1. The Labute approximate surface area is 432 Å². The van der Waals surface area contributed by atoms with E-state index < -0.39 is 69.7 Å². The van der Waals surface area contributed by atoms with Gasteiger partial charge in [0.05, 0.1) is 40.8 Å². The van der Waals surface area contributed by atoms with Crippen molar-refractivity contribution in [3.05, 3.63) is 122 Å². The molecule has 17 rings (SSSR count). The summed E-state index contributed by atoms with van der Waals surface area (Å²) in [6.45, 7) is 1.74. The summed E-state index contributed by atoms with van der Waals surface area (Å²) >= 11 is 0. The Morgan fingerprint density at radius 3 is 2.52 bits per heavy atom. The number of carbonyl (C=O) groups is 2. The number of pyridine rings is 1. The number of aromatic amines is 2. The van der Waals surface area contributed by atoms with Crippen LogP contribution in [0.4, 0.5) is 5.82 Å². The van der Waals surface area contributed by atoms with E-state index in [1.165, 1.54) is 6.07 Å². The van der Waals surface area contributed by atoms with Gasteiger partial charge in [0, 0.05) is 68.8 Å². The summed E-state index contributed by atoms with van der Waals surface area (Å²) in [6, 6.07) is 6.23. The number of hydrogen-bond acceptors (Lipinski definition) is 13. The van der Waals surface area contributed by atoms with E-state index >= 15 is 9.59 Å². The normalized spacial score (nSPS) is 38.2. The summed E-state index contributed by atoms with van der Waals surface area (Å²) < 4.78 is 14.9. The molecule has 12 unspecified atom stereocenters. The predicted octanol–water partition coefficient (Wildman–Crippen LogP) is 7.45. The summed E-state index contributed by atoms with van der Waals surface area (Å²) in [6.07, 6.45) is 15.7. The van der Waals surface area contributed by atoms with Crippen LogP contribution >= 0.6 is 0 Å². The summed E-state index contributed by atoms with van der Waals surface area (Å²) in [5.41, 5.74) is 2.14. The SMILES string of the molecule is Cc1cc(O)c2c(c1)C(=O)c1c(c3cc4c(nccc14)NCC(O)C14CCCC1c1c([nH]c5c1C=CC1CCCCC51c1cnc[nH]1)C1=CC5(O3)OC3(C1=C4CC1(CCC4(CCCC4)C1)C3O)C(O)C(O)C5O)C2=O. The van der Waals surface area contributed by atoms with Gasteiger partial charge in [0.15, 0.2) is 17.5 Å². The summed E-state index contributed by atoms with van der Waals surface area (Å²) in [4.78, 5) is 47.5. The maximum Gasteiger partial charge on any atom is 0.261 e. The Bertz CT molecular complexity index is 3520. The predicted molar refractivity (Wildman–Crippen MR) is 274 cm³/mol. The molecule has 8 bridgehead atoms. The second kappa shape index (κ2) is 14.7. The molecule has 7 heterocycles. The molecule has 5 spiro atoms. The number of H-pyrrole nitrogens is 2. The van der Waals surface area contributed by atoms with Gasteiger partial charge in [0.2, 0.25) is 5.78 Å².